The molecule has 1 amide bonds. The molecule has 0 aromatic carbocycles. The SMILES string of the molecule is CC(C)(C)c1cc(C(=O)NCCCN2CCNCC2)n[nH]1. The third kappa shape index (κ3) is 4.82. The maximum Gasteiger partial charge on any atom is 0.271 e. The molecule has 6 nitrogen and oxygen atoms in total. The standard InChI is InChI=1S/C15H27N5O/c1-15(2,3)13-11-12(18-19-13)14(21)17-5-4-8-20-9-6-16-7-10-20/h11,16H,4-10H2,1-3H3,(H,17,21)(H,18,19). The summed E-state index contributed by atoms with van der Waals surface area (Å²) in [7, 11) is 0. The average Bonchev–Trinajstić information content (AvgIpc) is 2.94. The predicted molar refractivity (Wildman–Crippen MR) is 83.5 cm³/mol. The van der Waals surface area contributed by atoms with Gasteiger partial charge in [0.2, 0.25) is 0 Å². The Hall–Kier alpha value is -1.40. The zero-order chi connectivity index (χ0) is 15.3. The maximum absolute atomic E-state index is 12.0. The van der Waals surface area contributed by atoms with Crippen LogP contribution in [-0.2, 0) is 5.41 Å². The van der Waals surface area contributed by atoms with Crippen LogP contribution in [0.1, 0.15) is 43.4 Å². The van der Waals surface area contributed by atoms with Crippen molar-refractivity contribution < 1.29 is 4.79 Å². The predicted octanol–water partition coefficient (Wildman–Crippen LogP) is 0.732. The van der Waals surface area contributed by atoms with E-state index in [0.717, 1.165) is 44.8 Å². The van der Waals surface area contributed by atoms with Gasteiger partial charge in [-0.2, -0.15) is 5.10 Å². The van der Waals surface area contributed by atoms with Gasteiger partial charge in [0.1, 0.15) is 5.69 Å². The van der Waals surface area contributed by atoms with Crippen molar-refractivity contribution in [2.45, 2.75) is 32.6 Å². The fourth-order valence-corrected chi connectivity index (χ4v) is 2.35. The molecule has 118 valence electrons. The summed E-state index contributed by atoms with van der Waals surface area (Å²) in [6, 6.07) is 1.84. The molecule has 2 heterocycles. The summed E-state index contributed by atoms with van der Waals surface area (Å²) in [5.74, 6) is -0.0953. The van der Waals surface area contributed by atoms with Crippen LogP contribution in [0.25, 0.3) is 0 Å². The minimum atomic E-state index is -0.0953. The molecule has 2 rings (SSSR count). The molecule has 0 radical (unpaired) electrons. The molecule has 6 heteroatoms. The molecule has 0 aliphatic carbocycles. The van der Waals surface area contributed by atoms with E-state index in [0.29, 0.717) is 12.2 Å². The monoisotopic (exact) mass is 293 g/mol. The van der Waals surface area contributed by atoms with E-state index in [1.807, 2.05) is 6.07 Å². The first-order chi connectivity index (χ1) is 9.97. The van der Waals surface area contributed by atoms with Gasteiger partial charge in [0.15, 0.2) is 0 Å². The second kappa shape index (κ2) is 7.04. The van der Waals surface area contributed by atoms with Crippen LogP contribution in [0.3, 0.4) is 0 Å². The van der Waals surface area contributed by atoms with Crippen molar-refractivity contribution in [1.29, 1.82) is 0 Å². The first-order valence-corrected chi connectivity index (χ1v) is 7.74. The van der Waals surface area contributed by atoms with Gasteiger partial charge < -0.3 is 15.5 Å². The number of aromatic nitrogens is 2. The molecular weight excluding hydrogens is 266 g/mol. The molecule has 3 N–H and O–H groups in total. The van der Waals surface area contributed by atoms with E-state index in [9.17, 15) is 4.79 Å². The Labute approximate surface area is 126 Å². The number of amides is 1. The number of H-pyrrole nitrogens is 1. The number of hydrogen-bond donors (Lipinski definition) is 3. The molecule has 1 aromatic heterocycles. The molecule has 0 bridgehead atoms. The van der Waals surface area contributed by atoms with Crippen molar-refractivity contribution in [2.75, 3.05) is 39.3 Å². The highest BCUT2D eigenvalue weighted by Crippen LogP contribution is 2.20. The van der Waals surface area contributed by atoms with E-state index in [1.54, 1.807) is 0 Å². The number of hydrogen-bond acceptors (Lipinski definition) is 4. The molecule has 1 aromatic rings. The Morgan fingerprint density at radius 2 is 2.10 bits per heavy atom. The van der Waals surface area contributed by atoms with Gasteiger partial charge in [-0.15, -0.1) is 0 Å². The second-order valence-corrected chi connectivity index (χ2v) is 6.62. The topological polar surface area (TPSA) is 73.1 Å². The lowest BCUT2D eigenvalue weighted by molar-refractivity contribution is 0.0946. The number of nitrogens with zero attached hydrogens (tertiary/aromatic N) is 2. The van der Waals surface area contributed by atoms with Gasteiger partial charge in [0.05, 0.1) is 0 Å². The van der Waals surface area contributed by atoms with Gasteiger partial charge in [-0.3, -0.25) is 9.89 Å². The first kappa shape index (κ1) is 16.0. The molecule has 1 aliphatic rings. The summed E-state index contributed by atoms with van der Waals surface area (Å²) in [6.07, 6.45) is 0.974. The van der Waals surface area contributed by atoms with Crippen molar-refractivity contribution in [3.8, 4) is 0 Å². The van der Waals surface area contributed by atoms with Crippen molar-refractivity contribution in [1.82, 2.24) is 25.7 Å². The van der Waals surface area contributed by atoms with Crippen LogP contribution < -0.4 is 10.6 Å². The lowest BCUT2D eigenvalue weighted by Crippen LogP contribution is -2.44. The zero-order valence-electron chi connectivity index (χ0n) is 13.3. The summed E-state index contributed by atoms with van der Waals surface area (Å²) in [5, 5.41) is 13.3. The Bertz CT molecular complexity index is 457. The van der Waals surface area contributed by atoms with Crippen LogP contribution in [0, 0.1) is 0 Å². The minimum Gasteiger partial charge on any atom is -0.351 e. The van der Waals surface area contributed by atoms with E-state index >= 15 is 0 Å². The van der Waals surface area contributed by atoms with E-state index in [-0.39, 0.29) is 11.3 Å². The number of carbonyl (C=O) groups excluding carboxylic acids is 1. The molecule has 1 saturated heterocycles. The van der Waals surface area contributed by atoms with E-state index in [1.165, 1.54) is 0 Å². The molecule has 0 unspecified atom stereocenters. The number of nitrogens with one attached hydrogen (secondary N) is 3. The lowest BCUT2D eigenvalue weighted by atomic mass is 9.92. The van der Waals surface area contributed by atoms with E-state index < -0.39 is 0 Å². The highest BCUT2D eigenvalue weighted by molar-refractivity contribution is 5.92. The van der Waals surface area contributed by atoms with Crippen molar-refractivity contribution >= 4 is 5.91 Å². The number of aromatic amines is 1. The first-order valence-electron chi connectivity index (χ1n) is 7.74. The zero-order valence-corrected chi connectivity index (χ0v) is 13.3. The molecule has 0 spiro atoms. The lowest BCUT2D eigenvalue weighted by Gasteiger charge is -2.26. The number of carbonyl (C=O) groups is 1. The maximum atomic E-state index is 12.0. The third-order valence-electron chi connectivity index (χ3n) is 3.76. The Morgan fingerprint density at radius 1 is 1.38 bits per heavy atom. The largest absolute Gasteiger partial charge is 0.351 e. The van der Waals surface area contributed by atoms with Gasteiger partial charge in [-0.05, 0) is 19.0 Å². The van der Waals surface area contributed by atoms with Crippen LogP contribution >= 0.6 is 0 Å². The van der Waals surface area contributed by atoms with Crippen LogP contribution in [-0.4, -0.2) is 60.3 Å². The highest BCUT2D eigenvalue weighted by Gasteiger charge is 2.19. The van der Waals surface area contributed by atoms with Crippen LogP contribution in [0.15, 0.2) is 6.07 Å². The van der Waals surface area contributed by atoms with E-state index in [4.69, 9.17) is 0 Å². The third-order valence-corrected chi connectivity index (χ3v) is 3.76. The summed E-state index contributed by atoms with van der Waals surface area (Å²) in [4.78, 5) is 14.4. The van der Waals surface area contributed by atoms with Crippen LogP contribution in [0.4, 0.5) is 0 Å². The normalized spacial score (nSPS) is 16.9. The van der Waals surface area contributed by atoms with Gasteiger partial charge in [-0.25, -0.2) is 0 Å². The average molecular weight is 293 g/mol. The number of piperazine rings is 1. The highest BCUT2D eigenvalue weighted by atomic mass is 16.1. The summed E-state index contributed by atoms with van der Waals surface area (Å²) >= 11 is 0. The Balaban J connectivity index is 1.70. The summed E-state index contributed by atoms with van der Waals surface area (Å²) in [5.41, 5.74) is 1.43. The van der Waals surface area contributed by atoms with Crippen molar-refractivity contribution in [3.63, 3.8) is 0 Å². The van der Waals surface area contributed by atoms with E-state index in [2.05, 4.69) is 46.5 Å². The Kier molecular flexibility index (Phi) is 5.36. The quantitative estimate of drug-likeness (QED) is 0.700. The van der Waals surface area contributed by atoms with Crippen LogP contribution in [0.2, 0.25) is 0 Å². The molecular formula is C15H27N5O. The summed E-state index contributed by atoms with van der Waals surface area (Å²) < 4.78 is 0. The van der Waals surface area contributed by atoms with Gasteiger partial charge in [-0.1, -0.05) is 20.8 Å². The minimum absolute atomic E-state index is 0.0200. The second-order valence-electron chi connectivity index (χ2n) is 6.62. The van der Waals surface area contributed by atoms with Gasteiger partial charge in [0.25, 0.3) is 5.91 Å². The fourth-order valence-electron chi connectivity index (χ4n) is 2.35. The van der Waals surface area contributed by atoms with Crippen molar-refractivity contribution in [3.05, 3.63) is 17.5 Å². The molecule has 21 heavy (non-hydrogen) atoms. The molecule has 0 atom stereocenters. The van der Waals surface area contributed by atoms with Gasteiger partial charge >= 0.3 is 0 Å². The van der Waals surface area contributed by atoms with Crippen LogP contribution in [0.5, 0.6) is 0 Å². The number of rotatable bonds is 5. The van der Waals surface area contributed by atoms with Gasteiger partial charge in [0, 0.05) is 43.8 Å². The molecule has 0 saturated carbocycles. The molecule has 1 fully saturated rings. The smallest absolute Gasteiger partial charge is 0.271 e. The molecule has 1 aliphatic heterocycles. The Morgan fingerprint density at radius 3 is 2.71 bits per heavy atom. The summed E-state index contributed by atoms with van der Waals surface area (Å²) in [6.45, 7) is 12.3. The fraction of sp³-hybridized carbons (Fsp3) is 0.733. The van der Waals surface area contributed by atoms with Crippen molar-refractivity contribution in [2.24, 2.45) is 0 Å².